The average Bonchev–Trinajstić information content (AvgIpc) is 3.12. The third-order valence-corrected chi connectivity index (χ3v) is 11.5. The van der Waals surface area contributed by atoms with Crippen molar-refractivity contribution in [1.82, 2.24) is 4.31 Å². The van der Waals surface area contributed by atoms with Crippen LogP contribution in [0.3, 0.4) is 0 Å². The summed E-state index contributed by atoms with van der Waals surface area (Å²) in [7, 11) is -2.07. The molecular formula is C39H55N3O7S. The van der Waals surface area contributed by atoms with Crippen LogP contribution >= 0.6 is 0 Å². The van der Waals surface area contributed by atoms with E-state index < -0.39 is 10.0 Å². The van der Waals surface area contributed by atoms with E-state index in [4.69, 9.17) is 29.4 Å². The second-order valence-corrected chi connectivity index (χ2v) is 15.2. The van der Waals surface area contributed by atoms with E-state index >= 15 is 0 Å². The van der Waals surface area contributed by atoms with Crippen molar-refractivity contribution in [1.29, 1.82) is 0 Å². The van der Waals surface area contributed by atoms with Crippen LogP contribution < -0.4 is 15.4 Å². The summed E-state index contributed by atoms with van der Waals surface area (Å²) >= 11 is 0. The molecule has 0 spiro atoms. The van der Waals surface area contributed by atoms with Crippen LogP contribution in [0.15, 0.2) is 71.6 Å². The highest BCUT2D eigenvalue weighted by Gasteiger charge is 2.42. The second-order valence-electron chi connectivity index (χ2n) is 13.3. The number of rotatable bonds is 18. The molecule has 4 atom stereocenters. The number of fused-ring (bicyclic) bond motifs is 1. The van der Waals surface area contributed by atoms with Gasteiger partial charge in [0, 0.05) is 45.4 Å². The van der Waals surface area contributed by atoms with Gasteiger partial charge in [-0.25, -0.2) is 8.42 Å². The van der Waals surface area contributed by atoms with Gasteiger partial charge in [0.25, 0.3) is 0 Å². The molecule has 50 heavy (non-hydrogen) atoms. The number of sulfonamides is 1. The van der Waals surface area contributed by atoms with E-state index in [1.54, 1.807) is 23.5 Å². The molecule has 2 heterocycles. The first-order valence-corrected chi connectivity index (χ1v) is 19.4. The van der Waals surface area contributed by atoms with Crippen LogP contribution in [0.4, 0.5) is 5.69 Å². The molecule has 1 unspecified atom stereocenters. The van der Waals surface area contributed by atoms with Crippen LogP contribution in [-0.4, -0.2) is 90.7 Å². The number of aryl methyl sites for hydroxylation is 1. The molecule has 0 saturated carbocycles. The number of hydrogen-bond acceptors (Lipinski definition) is 9. The van der Waals surface area contributed by atoms with Crippen LogP contribution in [0, 0.1) is 6.92 Å². The Morgan fingerprint density at radius 1 is 1.02 bits per heavy atom. The topological polar surface area (TPSA) is 113 Å². The SMILES string of the molecule is CCOC(C)COCc1ccc([C@H]2C[C@H](CCN)N(S(=O)(=O)c3ccc(C)cc3)C[C@@H]2OCc2ccc3c(c2)N(CCCOC)CCO3)cc1. The van der Waals surface area contributed by atoms with E-state index in [2.05, 4.69) is 35.2 Å². The van der Waals surface area contributed by atoms with Crippen molar-refractivity contribution < 1.29 is 32.1 Å². The number of nitrogens with two attached hydrogens (primary N) is 1. The van der Waals surface area contributed by atoms with Crippen molar-refractivity contribution in [3.63, 3.8) is 0 Å². The zero-order chi connectivity index (χ0) is 35.5. The molecule has 0 amide bonds. The monoisotopic (exact) mass is 709 g/mol. The maximum absolute atomic E-state index is 14.2. The lowest BCUT2D eigenvalue weighted by molar-refractivity contribution is -0.0205. The highest BCUT2D eigenvalue weighted by Crippen LogP contribution is 2.39. The fraction of sp³-hybridized carbons (Fsp3) is 0.538. The molecule has 0 aliphatic carbocycles. The Kier molecular flexibility index (Phi) is 14.1. The van der Waals surface area contributed by atoms with Crippen LogP contribution in [0.25, 0.3) is 0 Å². The van der Waals surface area contributed by atoms with E-state index in [-0.39, 0.29) is 35.6 Å². The molecule has 10 nitrogen and oxygen atoms in total. The number of benzene rings is 3. The predicted molar refractivity (Wildman–Crippen MR) is 196 cm³/mol. The Morgan fingerprint density at radius 2 is 1.78 bits per heavy atom. The largest absolute Gasteiger partial charge is 0.490 e. The minimum Gasteiger partial charge on any atom is -0.490 e. The Bertz CT molecular complexity index is 1590. The van der Waals surface area contributed by atoms with Crippen molar-refractivity contribution in [3.8, 4) is 5.75 Å². The minimum absolute atomic E-state index is 0.0320. The van der Waals surface area contributed by atoms with E-state index in [0.717, 1.165) is 53.2 Å². The van der Waals surface area contributed by atoms with Crippen molar-refractivity contribution in [2.75, 3.05) is 64.6 Å². The molecule has 2 aliphatic rings. The van der Waals surface area contributed by atoms with Gasteiger partial charge in [-0.2, -0.15) is 4.31 Å². The summed E-state index contributed by atoms with van der Waals surface area (Å²) in [6, 6.07) is 21.4. The zero-order valence-electron chi connectivity index (χ0n) is 30.1. The van der Waals surface area contributed by atoms with Gasteiger partial charge in [-0.3, -0.25) is 0 Å². The van der Waals surface area contributed by atoms with Crippen LogP contribution in [0.2, 0.25) is 0 Å². The van der Waals surface area contributed by atoms with E-state index in [9.17, 15) is 8.42 Å². The molecule has 2 N–H and O–H groups in total. The smallest absolute Gasteiger partial charge is 0.243 e. The van der Waals surface area contributed by atoms with Crippen LogP contribution in [0.5, 0.6) is 5.75 Å². The van der Waals surface area contributed by atoms with Gasteiger partial charge in [-0.1, -0.05) is 48.0 Å². The lowest BCUT2D eigenvalue weighted by atomic mass is 9.83. The van der Waals surface area contributed by atoms with E-state index in [1.807, 2.05) is 45.0 Å². The van der Waals surface area contributed by atoms with Crippen molar-refractivity contribution in [3.05, 3.63) is 89.0 Å². The van der Waals surface area contributed by atoms with Gasteiger partial charge in [0.15, 0.2) is 0 Å². The molecule has 1 saturated heterocycles. The third-order valence-electron chi connectivity index (χ3n) is 9.57. The lowest BCUT2D eigenvalue weighted by Crippen LogP contribution is -2.52. The van der Waals surface area contributed by atoms with Gasteiger partial charge < -0.3 is 34.3 Å². The maximum atomic E-state index is 14.2. The fourth-order valence-corrected chi connectivity index (χ4v) is 8.59. The number of hydrogen-bond donors (Lipinski definition) is 1. The molecular weight excluding hydrogens is 655 g/mol. The van der Waals surface area contributed by atoms with Crippen molar-refractivity contribution in [2.45, 2.75) is 82.3 Å². The van der Waals surface area contributed by atoms with E-state index in [1.165, 1.54) is 0 Å². The second kappa shape index (κ2) is 18.5. The summed E-state index contributed by atoms with van der Waals surface area (Å²) in [5.41, 5.74) is 11.3. The van der Waals surface area contributed by atoms with Crippen molar-refractivity contribution in [2.24, 2.45) is 5.73 Å². The molecule has 2 aliphatic heterocycles. The quantitative estimate of drug-likeness (QED) is 0.168. The summed E-state index contributed by atoms with van der Waals surface area (Å²) in [6.07, 6.45) is 1.73. The summed E-state index contributed by atoms with van der Waals surface area (Å²) in [4.78, 5) is 2.62. The zero-order valence-corrected chi connectivity index (χ0v) is 30.9. The predicted octanol–water partition coefficient (Wildman–Crippen LogP) is 5.65. The first kappa shape index (κ1) is 38.2. The van der Waals surface area contributed by atoms with E-state index in [0.29, 0.717) is 59.0 Å². The maximum Gasteiger partial charge on any atom is 0.243 e. The molecule has 3 aromatic rings. The summed E-state index contributed by atoms with van der Waals surface area (Å²) in [5.74, 6) is 0.833. The summed E-state index contributed by atoms with van der Waals surface area (Å²) in [6.45, 7) is 11.6. The van der Waals surface area contributed by atoms with Gasteiger partial charge in [-0.05, 0) is 87.5 Å². The van der Waals surface area contributed by atoms with Gasteiger partial charge in [0.05, 0.1) is 49.2 Å². The van der Waals surface area contributed by atoms with Crippen LogP contribution in [-0.2, 0) is 42.2 Å². The van der Waals surface area contributed by atoms with Crippen LogP contribution in [0.1, 0.15) is 61.3 Å². The molecule has 3 aromatic carbocycles. The van der Waals surface area contributed by atoms with Gasteiger partial charge in [0.2, 0.25) is 10.0 Å². The molecule has 11 heteroatoms. The first-order chi connectivity index (χ1) is 24.2. The number of piperidine rings is 1. The summed E-state index contributed by atoms with van der Waals surface area (Å²) in [5, 5.41) is 0. The minimum atomic E-state index is -3.79. The standard InChI is InChI=1S/C39H55N3O7S/c1-5-47-30(3)26-46-27-31-9-12-33(13-10-31)36-24-34(17-18-40)42(50(43,44)35-14-7-29(2)8-15-35)25-39(36)49-28-32-11-16-38-37(23-32)41(20-22-48-38)19-6-21-45-4/h7-16,23,30,34,36,39H,5-6,17-22,24-28,40H2,1-4H3/t30?,34-,36+,39-/m0/s1. The summed E-state index contributed by atoms with van der Waals surface area (Å²) < 4.78 is 59.4. The Morgan fingerprint density at radius 3 is 2.50 bits per heavy atom. The molecule has 1 fully saturated rings. The van der Waals surface area contributed by atoms with Crippen molar-refractivity contribution >= 4 is 15.7 Å². The fourth-order valence-electron chi connectivity index (χ4n) is 6.91. The third kappa shape index (κ3) is 9.85. The average molecular weight is 710 g/mol. The molecule has 0 aromatic heterocycles. The number of methoxy groups -OCH3 is 1. The first-order valence-electron chi connectivity index (χ1n) is 17.9. The number of ether oxygens (including phenoxy) is 5. The highest BCUT2D eigenvalue weighted by atomic mass is 32.2. The van der Waals surface area contributed by atoms with Gasteiger partial charge in [-0.15, -0.1) is 0 Å². The lowest BCUT2D eigenvalue weighted by Gasteiger charge is -2.43. The highest BCUT2D eigenvalue weighted by molar-refractivity contribution is 7.89. The molecule has 0 bridgehead atoms. The Balaban J connectivity index is 1.39. The normalized spacial score (nSPS) is 20.3. The number of nitrogens with zero attached hydrogens (tertiary/aromatic N) is 2. The number of anilines is 1. The molecule has 274 valence electrons. The van der Waals surface area contributed by atoms with Gasteiger partial charge >= 0.3 is 0 Å². The Hall–Kier alpha value is -3.03. The Labute approximate surface area is 298 Å². The molecule has 5 rings (SSSR count). The molecule has 0 radical (unpaired) electrons. The van der Waals surface area contributed by atoms with Gasteiger partial charge in [0.1, 0.15) is 12.4 Å².